The lowest BCUT2D eigenvalue weighted by Gasteiger charge is -2.19. The Morgan fingerprint density at radius 1 is 1.09 bits per heavy atom. The van der Waals surface area contributed by atoms with E-state index in [4.69, 9.17) is 11.6 Å². The van der Waals surface area contributed by atoms with Gasteiger partial charge in [-0.1, -0.05) is 11.6 Å². The molecule has 0 radical (unpaired) electrons. The van der Waals surface area contributed by atoms with Crippen LogP contribution in [-0.2, 0) is 0 Å². The smallest absolute Gasteiger partial charge is 0.255 e. The average molecular weight is 319 g/mol. The number of hydrogen-bond acceptors (Lipinski definition) is 2. The molecule has 0 spiro atoms. The molecule has 1 aliphatic heterocycles. The Balaban J connectivity index is 1.73. The zero-order valence-electron chi connectivity index (χ0n) is 12.0. The first-order chi connectivity index (χ1) is 10.6. The van der Waals surface area contributed by atoms with Crippen LogP contribution in [0.1, 0.15) is 23.2 Å². The summed E-state index contributed by atoms with van der Waals surface area (Å²) in [5.74, 6) is -0.653. The number of carbonyl (C=O) groups is 1. The highest BCUT2D eigenvalue weighted by atomic mass is 35.5. The van der Waals surface area contributed by atoms with E-state index in [0.29, 0.717) is 16.3 Å². The fourth-order valence-electron chi connectivity index (χ4n) is 2.60. The van der Waals surface area contributed by atoms with E-state index in [9.17, 15) is 9.18 Å². The molecule has 0 saturated carbocycles. The zero-order valence-corrected chi connectivity index (χ0v) is 12.7. The van der Waals surface area contributed by atoms with Crippen molar-refractivity contribution in [2.45, 2.75) is 12.8 Å². The van der Waals surface area contributed by atoms with Crippen molar-refractivity contribution < 1.29 is 9.18 Å². The van der Waals surface area contributed by atoms with E-state index in [1.807, 2.05) is 12.1 Å². The lowest BCUT2D eigenvalue weighted by molar-refractivity contribution is 0.102. The van der Waals surface area contributed by atoms with Crippen LogP contribution < -0.4 is 10.2 Å². The van der Waals surface area contributed by atoms with Gasteiger partial charge in [0.15, 0.2) is 0 Å². The Kier molecular flexibility index (Phi) is 4.29. The summed E-state index contributed by atoms with van der Waals surface area (Å²) in [5, 5.41) is 3.40. The molecule has 0 unspecified atom stereocenters. The third kappa shape index (κ3) is 3.22. The first-order valence-corrected chi connectivity index (χ1v) is 7.63. The molecular weight excluding hydrogens is 303 g/mol. The molecule has 1 N–H and O–H groups in total. The third-order valence-corrected chi connectivity index (χ3v) is 4.06. The highest BCUT2D eigenvalue weighted by Crippen LogP contribution is 2.31. The van der Waals surface area contributed by atoms with Crippen LogP contribution in [0.5, 0.6) is 0 Å². The van der Waals surface area contributed by atoms with E-state index in [-0.39, 0.29) is 11.7 Å². The van der Waals surface area contributed by atoms with Gasteiger partial charge in [0.05, 0.1) is 10.7 Å². The Labute approximate surface area is 133 Å². The number of nitrogens with one attached hydrogen (secondary N) is 1. The van der Waals surface area contributed by atoms with Crippen LogP contribution >= 0.6 is 11.6 Å². The zero-order chi connectivity index (χ0) is 15.5. The summed E-state index contributed by atoms with van der Waals surface area (Å²) in [5.41, 5.74) is 2.03. The van der Waals surface area contributed by atoms with Crippen LogP contribution in [0.25, 0.3) is 0 Å². The van der Waals surface area contributed by atoms with Crippen LogP contribution in [0, 0.1) is 5.82 Å². The van der Waals surface area contributed by atoms with Gasteiger partial charge < -0.3 is 10.2 Å². The van der Waals surface area contributed by atoms with E-state index >= 15 is 0 Å². The maximum atomic E-state index is 12.9. The quantitative estimate of drug-likeness (QED) is 0.913. The summed E-state index contributed by atoms with van der Waals surface area (Å²) < 4.78 is 12.9. The van der Waals surface area contributed by atoms with Gasteiger partial charge in [0, 0.05) is 24.3 Å². The van der Waals surface area contributed by atoms with Crippen molar-refractivity contribution in [2.75, 3.05) is 23.3 Å². The number of hydrogen-bond donors (Lipinski definition) is 1. The van der Waals surface area contributed by atoms with Gasteiger partial charge in [0.1, 0.15) is 5.82 Å². The molecule has 1 saturated heterocycles. The van der Waals surface area contributed by atoms with Crippen molar-refractivity contribution in [1.82, 2.24) is 0 Å². The molecule has 1 heterocycles. The molecule has 114 valence electrons. The van der Waals surface area contributed by atoms with E-state index < -0.39 is 0 Å². The second kappa shape index (κ2) is 6.36. The van der Waals surface area contributed by atoms with Crippen molar-refractivity contribution in [3.8, 4) is 0 Å². The van der Waals surface area contributed by atoms with Crippen LogP contribution in [0.2, 0.25) is 5.02 Å². The fraction of sp³-hybridized carbons (Fsp3) is 0.235. The topological polar surface area (TPSA) is 32.3 Å². The molecule has 5 heteroatoms. The van der Waals surface area contributed by atoms with Gasteiger partial charge >= 0.3 is 0 Å². The Hall–Kier alpha value is -2.07. The lowest BCUT2D eigenvalue weighted by Crippen LogP contribution is -2.18. The van der Waals surface area contributed by atoms with Gasteiger partial charge in [-0.05, 0) is 55.3 Å². The minimum absolute atomic E-state index is 0.287. The summed E-state index contributed by atoms with van der Waals surface area (Å²) in [6.45, 7) is 2.03. The summed E-state index contributed by atoms with van der Waals surface area (Å²) in [4.78, 5) is 14.3. The predicted molar refractivity (Wildman–Crippen MR) is 87.3 cm³/mol. The van der Waals surface area contributed by atoms with Gasteiger partial charge in [-0.25, -0.2) is 4.39 Å². The molecule has 3 rings (SSSR count). The number of anilines is 2. The number of halogens is 2. The van der Waals surface area contributed by atoms with Crippen molar-refractivity contribution >= 4 is 28.9 Å². The van der Waals surface area contributed by atoms with Gasteiger partial charge in [0.2, 0.25) is 0 Å². The molecule has 3 nitrogen and oxygen atoms in total. The minimum Gasteiger partial charge on any atom is -0.370 e. The number of amides is 1. The molecule has 1 amide bonds. The molecule has 0 atom stereocenters. The maximum Gasteiger partial charge on any atom is 0.255 e. The van der Waals surface area contributed by atoms with E-state index in [1.54, 1.807) is 6.07 Å². The highest BCUT2D eigenvalue weighted by molar-refractivity contribution is 6.33. The largest absolute Gasteiger partial charge is 0.370 e. The first kappa shape index (κ1) is 14.9. The van der Waals surface area contributed by atoms with E-state index in [1.165, 1.54) is 37.1 Å². The Bertz CT molecular complexity index is 682. The normalized spacial score (nSPS) is 14.2. The standard InChI is InChI=1S/C17H16ClFN2O/c18-15-11-14(7-8-16(15)21-9-1-2-10-21)20-17(22)12-3-5-13(19)6-4-12/h3-8,11H,1-2,9-10H2,(H,20,22). The second-order valence-electron chi connectivity index (χ2n) is 5.32. The third-order valence-electron chi connectivity index (χ3n) is 3.76. The number of nitrogens with zero attached hydrogens (tertiary/aromatic N) is 1. The maximum absolute atomic E-state index is 12.9. The number of carbonyl (C=O) groups excluding carboxylic acids is 1. The van der Waals surface area contributed by atoms with Crippen LogP contribution in [0.15, 0.2) is 42.5 Å². The average Bonchev–Trinajstić information content (AvgIpc) is 3.02. The van der Waals surface area contributed by atoms with Crippen molar-refractivity contribution in [2.24, 2.45) is 0 Å². The van der Waals surface area contributed by atoms with Crippen LogP contribution in [0.3, 0.4) is 0 Å². The fourth-order valence-corrected chi connectivity index (χ4v) is 2.90. The number of benzene rings is 2. The molecule has 0 aromatic heterocycles. The number of rotatable bonds is 3. The van der Waals surface area contributed by atoms with E-state index in [0.717, 1.165) is 18.8 Å². The molecule has 0 aliphatic carbocycles. The monoisotopic (exact) mass is 318 g/mol. The van der Waals surface area contributed by atoms with Gasteiger partial charge in [-0.15, -0.1) is 0 Å². The van der Waals surface area contributed by atoms with Gasteiger partial charge in [-0.2, -0.15) is 0 Å². The van der Waals surface area contributed by atoms with Crippen LogP contribution in [0.4, 0.5) is 15.8 Å². The highest BCUT2D eigenvalue weighted by Gasteiger charge is 2.15. The second-order valence-corrected chi connectivity index (χ2v) is 5.73. The van der Waals surface area contributed by atoms with Crippen LogP contribution in [-0.4, -0.2) is 19.0 Å². The Morgan fingerprint density at radius 2 is 1.77 bits per heavy atom. The van der Waals surface area contributed by atoms with Gasteiger partial charge in [-0.3, -0.25) is 4.79 Å². The molecule has 2 aromatic rings. The minimum atomic E-state index is -0.366. The summed E-state index contributed by atoms with van der Waals surface area (Å²) in [7, 11) is 0. The lowest BCUT2D eigenvalue weighted by atomic mass is 10.2. The molecule has 0 bridgehead atoms. The first-order valence-electron chi connectivity index (χ1n) is 7.25. The van der Waals surface area contributed by atoms with E-state index in [2.05, 4.69) is 10.2 Å². The Morgan fingerprint density at radius 3 is 2.41 bits per heavy atom. The molecule has 22 heavy (non-hydrogen) atoms. The van der Waals surface area contributed by atoms with Gasteiger partial charge in [0.25, 0.3) is 5.91 Å². The molecular formula is C17H16ClFN2O. The molecule has 1 fully saturated rings. The molecule has 2 aromatic carbocycles. The van der Waals surface area contributed by atoms with Crippen molar-refractivity contribution in [3.05, 3.63) is 58.9 Å². The SMILES string of the molecule is O=C(Nc1ccc(N2CCCC2)c(Cl)c1)c1ccc(F)cc1. The van der Waals surface area contributed by atoms with Crippen molar-refractivity contribution in [1.29, 1.82) is 0 Å². The predicted octanol–water partition coefficient (Wildman–Crippen LogP) is 4.33. The summed E-state index contributed by atoms with van der Waals surface area (Å²) in [6, 6.07) is 10.9. The summed E-state index contributed by atoms with van der Waals surface area (Å²) >= 11 is 6.32. The molecule has 1 aliphatic rings. The summed E-state index contributed by atoms with van der Waals surface area (Å²) in [6.07, 6.45) is 2.36. The van der Waals surface area contributed by atoms with Crippen molar-refractivity contribution in [3.63, 3.8) is 0 Å².